The minimum atomic E-state index is 0.445. The van der Waals surface area contributed by atoms with E-state index in [-0.39, 0.29) is 0 Å². The van der Waals surface area contributed by atoms with Crippen molar-refractivity contribution < 1.29 is 0 Å². The zero-order chi connectivity index (χ0) is 12.3. The van der Waals surface area contributed by atoms with E-state index in [2.05, 4.69) is 30.2 Å². The number of nitrogens with one attached hydrogen (secondary N) is 1. The van der Waals surface area contributed by atoms with Crippen LogP contribution in [0, 0.1) is 23.2 Å². The maximum Gasteiger partial charge on any atom is 0.144 e. The lowest BCUT2D eigenvalue weighted by molar-refractivity contribution is 0.253. The minimum absolute atomic E-state index is 0.445. The summed E-state index contributed by atoms with van der Waals surface area (Å²) in [6.07, 6.45) is 5.48. The van der Waals surface area contributed by atoms with Crippen LogP contribution in [-0.2, 0) is 0 Å². The summed E-state index contributed by atoms with van der Waals surface area (Å²) in [6, 6.07) is 6.25. The van der Waals surface area contributed by atoms with Gasteiger partial charge in [-0.2, -0.15) is 5.26 Å². The van der Waals surface area contributed by atoms with Crippen molar-refractivity contribution >= 4 is 5.82 Å². The zero-order valence-electron chi connectivity index (χ0n) is 10.5. The van der Waals surface area contributed by atoms with Crippen LogP contribution in [0.3, 0.4) is 0 Å². The zero-order valence-corrected chi connectivity index (χ0v) is 10.5. The van der Waals surface area contributed by atoms with Gasteiger partial charge in [-0.15, -0.1) is 0 Å². The number of hydrogen-bond donors (Lipinski definition) is 1. The summed E-state index contributed by atoms with van der Waals surface area (Å²) in [5.74, 6) is 2.12. The van der Waals surface area contributed by atoms with Crippen molar-refractivity contribution in [3.8, 4) is 6.07 Å². The van der Waals surface area contributed by atoms with E-state index in [0.717, 1.165) is 11.7 Å². The highest BCUT2D eigenvalue weighted by Crippen LogP contribution is 2.31. The van der Waals surface area contributed by atoms with Crippen LogP contribution in [0.2, 0.25) is 0 Å². The van der Waals surface area contributed by atoms with E-state index in [1.165, 1.54) is 19.3 Å². The lowest BCUT2D eigenvalue weighted by Crippen LogP contribution is -2.35. The molecule has 90 valence electrons. The van der Waals surface area contributed by atoms with Crippen molar-refractivity contribution in [1.82, 2.24) is 4.98 Å². The number of anilines is 1. The third kappa shape index (κ3) is 2.58. The third-order valence-electron chi connectivity index (χ3n) is 3.96. The lowest BCUT2D eigenvalue weighted by atomic mass is 9.78. The van der Waals surface area contributed by atoms with E-state index in [1.54, 1.807) is 12.3 Å². The molecule has 3 heteroatoms. The van der Waals surface area contributed by atoms with Crippen LogP contribution in [-0.4, -0.2) is 11.0 Å². The van der Waals surface area contributed by atoms with E-state index < -0.39 is 0 Å². The summed E-state index contributed by atoms with van der Waals surface area (Å²) in [7, 11) is 0. The summed E-state index contributed by atoms with van der Waals surface area (Å²) >= 11 is 0. The van der Waals surface area contributed by atoms with Gasteiger partial charge in [0.15, 0.2) is 0 Å². The van der Waals surface area contributed by atoms with E-state index in [0.29, 0.717) is 17.5 Å². The first kappa shape index (κ1) is 11.9. The van der Waals surface area contributed by atoms with Gasteiger partial charge in [0.05, 0.1) is 5.56 Å². The Morgan fingerprint density at radius 3 is 3.00 bits per heavy atom. The molecule has 0 radical (unpaired) electrons. The van der Waals surface area contributed by atoms with Crippen LogP contribution in [0.5, 0.6) is 0 Å². The van der Waals surface area contributed by atoms with Gasteiger partial charge in [-0.05, 0) is 30.4 Å². The number of rotatable bonds is 2. The number of hydrogen-bond acceptors (Lipinski definition) is 3. The number of nitrogens with zero attached hydrogens (tertiary/aromatic N) is 2. The second-order valence-electron chi connectivity index (χ2n) is 5.03. The molecular weight excluding hydrogens is 210 g/mol. The molecule has 0 saturated heterocycles. The van der Waals surface area contributed by atoms with Crippen molar-refractivity contribution in [3.63, 3.8) is 0 Å². The van der Waals surface area contributed by atoms with Gasteiger partial charge in [0, 0.05) is 12.2 Å². The Bertz CT molecular complexity index is 422. The first-order chi connectivity index (χ1) is 8.22. The molecule has 1 N–H and O–H groups in total. The molecule has 1 saturated carbocycles. The quantitative estimate of drug-likeness (QED) is 0.847. The van der Waals surface area contributed by atoms with Gasteiger partial charge < -0.3 is 5.32 Å². The SMILES string of the molecule is C[C@H]1[C@@H](Nc2ncccc2C#N)CCC[C@@H]1C. The molecule has 0 aromatic carbocycles. The Balaban J connectivity index is 2.12. The second kappa shape index (κ2) is 5.18. The van der Waals surface area contributed by atoms with Gasteiger partial charge in [0.1, 0.15) is 11.9 Å². The summed E-state index contributed by atoms with van der Waals surface area (Å²) in [5.41, 5.74) is 0.637. The van der Waals surface area contributed by atoms with Crippen molar-refractivity contribution in [1.29, 1.82) is 5.26 Å². The number of aromatic nitrogens is 1. The van der Waals surface area contributed by atoms with Crippen LogP contribution < -0.4 is 5.32 Å². The molecule has 3 atom stereocenters. The largest absolute Gasteiger partial charge is 0.366 e. The van der Waals surface area contributed by atoms with Crippen molar-refractivity contribution in [3.05, 3.63) is 23.9 Å². The molecule has 1 aliphatic rings. The van der Waals surface area contributed by atoms with Gasteiger partial charge >= 0.3 is 0 Å². The van der Waals surface area contributed by atoms with Gasteiger partial charge in [-0.3, -0.25) is 0 Å². The molecule has 0 amide bonds. The molecule has 2 rings (SSSR count). The Labute approximate surface area is 103 Å². The third-order valence-corrected chi connectivity index (χ3v) is 3.96. The molecule has 1 heterocycles. The maximum absolute atomic E-state index is 9.04. The van der Waals surface area contributed by atoms with Crippen molar-refractivity contribution in [2.45, 2.75) is 39.2 Å². The topological polar surface area (TPSA) is 48.7 Å². The predicted molar refractivity (Wildman–Crippen MR) is 68.5 cm³/mol. The number of nitriles is 1. The molecule has 3 nitrogen and oxygen atoms in total. The highest BCUT2D eigenvalue weighted by molar-refractivity contribution is 5.51. The van der Waals surface area contributed by atoms with Crippen molar-refractivity contribution in [2.75, 3.05) is 5.32 Å². The van der Waals surface area contributed by atoms with Gasteiger partial charge in [0.25, 0.3) is 0 Å². The average Bonchev–Trinajstić information content (AvgIpc) is 2.35. The van der Waals surface area contributed by atoms with E-state index in [9.17, 15) is 0 Å². The summed E-state index contributed by atoms with van der Waals surface area (Å²) < 4.78 is 0. The van der Waals surface area contributed by atoms with Gasteiger partial charge in [-0.1, -0.05) is 26.7 Å². The second-order valence-corrected chi connectivity index (χ2v) is 5.03. The normalized spacial score (nSPS) is 28.4. The predicted octanol–water partition coefficient (Wildman–Crippen LogP) is 3.19. The molecule has 17 heavy (non-hydrogen) atoms. The molecule has 1 fully saturated rings. The molecule has 0 unspecified atom stereocenters. The minimum Gasteiger partial charge on any atom is -0.366 e. The smallest absolute Gasteiger partial charge is 0.144 e. The molecule has 1 aromatic heterocycles. The fraction of sp³-hybridized carbons (Fsp3) is 0.571. The van der Waals surface area contributed by atoms with Crippen LogP contribution in [0.1, 0.15) is 38.7 Å². The van der Waals surface area contributed by atoms with Gasteiger partial charge in [-0.25, -0.2) is 4.98 Å². The summed E-state index contributed by atoms with van der Waals surface area (Å²) in [6.45, 7) is 4.60. The van der Waals surface area contributed by atoms with Crippen LogP contribution >= 0.6 is 0 Å². The average molecular weight is 229 g/mol. The maximum atomic E-state index is 9.04. The number of pyridine rings is 1. The van der Waals surface area contributed by atoms with E-state index in [1.807, 2.05) is 6.07 Å². The molecular formula is C14H19N3. The Hall–Kier alpha value is -1.56. The lowest BCUT2D eigenvalue weighted by Gasteiger charge is -2.35. The van der Waals surface area contributed by atoms with Crippen LogP contribution in [0.4, 0.5) is 5.82 Å². The Morgan fingerprint density at radius 2 is 2.24 bits per heavy atom. The molecule has 1 aromatic rings. The van der Waals surface area contributed by atoms with E-state index >= 15 is 0 Å². The summed E-state index contributed by atoms with van der Waals surface area (Å²) in [4.78, 5) is 4.27. The fourth-order valence-electron chi connectivity index (χ4n) is 2.57. The van der Waals surface area contributed by atoms with Gasteiger partial charge in [0.2, 0.25) is 0 Å². The highest BCUT2D eigenvalue weighted by Gasteiger charge is 2.27. The van der Waals surface area contributed by atoms with Crippen molar-refractivity contribution in [2.24, 2.45) is 11.8 Å². The van der Waals surface area contributed by atoms with Crippen LogP contribution in [0.15, 0.2) is 18.3 Å². The molecule has 1 aliphatic carbocycles. The first-order valence-corrected chi connectivity index (χ1v) is 6.34. The highest BCUT2D eigenvalue weighted by atomic mass is 15.0. The fourth-order valence-corrected chi connectivity index (χ4v) is 2.57. The molecule has 0 bridgehead atoms. The monoisotopic (exact) mass is 229 g/mol. The molecule has 0 aliphatic heterocycles. The van der Waals surface area contributed by atoms with E-state index in [4.69, 9.17) is 5.26 Å². The van der Waals surface area contributed by atoms with Crippen LogP contribution in [0.25, 0.3) is 0 Å². The Kier molecular flexibility index (Phi) is 3.63. The standard InChI is InChI=1S/C14H19N3/c1-10-5-3-7-13(11(10)2)17-14-12(9-15)6-4-8-16-14/h4,6,8,10-11,13H,3,5,7H2,1-2H3,(H,16,17)/t10-,11+,13-/m0/s1. The molecule has 0 spiro atoms. The Morgan fingerprint density at radius 1 is 1.41 bits per heavy atom. The summed E-state index contributed by atoms with van der Waals surface area (Å²) in [5, 5.41) is 12.5. The first-order valence-electron chi connectivity index (χ1n) is 6.34.